The maximum atomic E-state index is 6.60. The van der Waals surface area contributed by atoms with Gasteiger partial charge in [-0.3, -0.25) is 4.68 Å². The Bertz CT molecular complexity index is 577. The van der Waals surface area contributed by atoms with Gasteiger partial charge in [0.25, 0.3) is 0 Å². The molecule has 0 unspecified atom stereocenters. The maximum Gasteiger partial charge on any atom is 0.0685 e. The van der Waals surface area contributed by atoms with Crippen molar-refractivity contribution in [2.75, 3.05) is 0 Å². The predicted octanol–water partition coefficient (Wildman–Crippen LogP) is 3.00. The van der Waals surface area contributed by atoms with Crippen molar-refractivity contribution in [2.45, 2.75) is 44.6 Å². The molecular formula is C15H21N3. The third-order valence-electron chi connectivity index (χ3n) is 4.36. The fraction of sp³-hybridized carbons (Fsp3) is 0.533. The van der Waals surface area contributed by atoms with Gasteiger partial charge in [-0.15, -0.1) is 0 Å². The summed E-state index contributed by atoms with van der Waals surface area (Å²) >= 11 is 0. The first-order valence-electron chi connectivity index (χ1n) is 6.83. The molecule has 2 aromatic rings. The summed E-state index contributed by atoms with van der Waals surface area (Å²) in [6.07, 6.45) is 6.04. The largest absolute Gasteiger partial charge is 0.321 e. The molecule has 1 fully saturated rings. The summed E-state index contributed by atoms with van der Waals surface area (Å²) in [7, 11) is 2.00. The summed E-state index contributed by atoms with van der Waals surface area (Å²) in [6, 6.07) is 6.61. The number of aryl methyl sites for hydroxylation is 2. The summed E-state index contributed by atoms with van der Waals surface area (Å²) in [6.45, 7) is 2.06. The van der Waals surface area contributed by atoms with Crippen LogP contribution in [0.15, 0.2) is 18.2 Å². The summed E-state index contributed by atoms with van der Waals surface area (Å²) in [5, 5.41) is 5.71. The normalized spacial score (nSPS) is 19.3. The van der Waals surface area contributed by atoms with Gasteiger partial charge in [0.1, 0.15) is 0 Å². The molecule has 96 valence electrons. The Labute approximate surface area is 108 Å². The van der Waals surface area contributed by atoms with E-state index in [1.165, 1.54) is 35.7 Å². The SMILES string of the molecule is Cc1nn(C)c2cc(C3(N)CCCCC3)ccc12. The van der Waals surface area contributed by atoms with Crippen LogP contribution in [-0.2, 0) is 12.6 Å². The molecule has 0 atom stereocenters. The molecule has 0 bridgehead atoms. The highest BCUT2D eigenvalue weighted by atomic mass is 15.3. The molecule has 1 heterocycles. The number of benzene rings is 1. The average molecular weight is 243 g/mol. The van der Waals surface area contributed by atoms with E-state index in [2.05, 4.69) is 30.2 Å². The van der Waals surface area contributed by atoms with Crippen molar-refractivity contribution in [2.24, 2.45) is 12.8 Å². The van der Waals surface area contributed by atoms with E-state index in [-0.39, 0.29) is 5.54 Å². The van der Waals surface area contributed by atoms with E-state index in [0.29, 0.717) is 0 Å². The molecule has 3 nitrogen and oxygen atoms in total. The second-order valence-electron chi connectivity index (χ2n) is 5.66. The molecule has 2 N–H and O–H groups in total. The Kier molecular flexibility index (Phi) is 2.67. The Balaban J connectivity index is 2.10. The number of rotatable bonds is 1. The number of fused-ring (bicyclic) bond motifs is 1. The van der Waals surface area contributed by atoms with Crippen LogP contribution in [0.3, 0.4) is 0 Å². The molecule has 0 radical (unpaired) electrons. The van der Waals surface area contributed by atoms with Gasteiger partial charge in [0.15, 0.2) is 0 Å². The molecule has 1 aliphatic rings. The Hall–Kier alpha value is -1.35. The summed E-state index contributed by atoms with van der Waals surface area (Å²) in [4.78, 5) is 0. The molecule has 1 aromatic carbocycles. The van der Waals surface area contributed by atoms with Crippen LogP contribution in [0.25, 0.3) is 10.9 Å². The standard InChI is InChI=1S/C15H21N3/c1-11-13-7-6-12(10-14(13)18(2)17-11)15(16)8-4-3-5-9-15/h6-7,10H,3-5,8-9,16H2,1-2H3. The quantitative estimate of drug-likeness (QED) is 0.836. The molecule has 1 aliphatic carbocycles. The van der Waals surface area contributed by atoms with Crippen LogP contribution in [0.5, 0.6) is 0 Å². The summed E-state index contributed by atoms with van der Waals surface area (Å²) < 4.78 is 1.96. The van der Waals surface area contributed by atoms with Crippen molar-refractivity contribution < 1.29 is 0 Å². The van der Waals surface area contributed by atoms with Crippen molar-refractivity contribution in [3.05, 3.63) is 29.5 Å². The Morgan fingerprint density at radius 1 is 1.22 bits per heavy atom. The van der Waals surface area contributed by atoms with Crippen LogP contribution < -0.4 is 5.73 Å². The topological polar surface area (TPSA) is 43.8 Å². The van der Waals surface area contributed by atoms with E-state index < -0.39 is 0 Å². The van der Waals surface area contributed by atoms with E-state index in [0.717, 1.165) is 18.5 Å². The van der Waals surface area contributed by atoms with Gasteiger partial charge in [-0.25, -0.2) is 0 Å². The lowest BCUT2D eigenvalue weighted by atomic mass is 9.77. The number of nitrogens with zero attached hydrogens (tertiary/aromatic N) is 2. The molecule has 18 heavy (non-hydrogen) atoms. The molecular weight excluding hydrogens is 222 g/mol. The van der Waals surface area contributed by atoms with Crippen LogP contribution in [0, 0.1) is 6.92 Å². The van der Waals surface area contributed by atoms with Crippen molar-refractivity contribution >= 4 is 10.9 Å². The van der Waals surface area contributed by atoms with Gasteiger partial charge in [0.2, 0.25) is 0 Å². The first-order chi connectivity index (χ1) is 8.60. The van der Waals surface area contributed by atoms with Crippen molar-refractivity contribution in [1.29, 1.82) is 0 Å². The molecule has 3 rings (SSSR count). The van der Waals surface area contributed by atoms with Gasteiger partial charge in [0.05, 0.1) is 11.2 Å². The van der Waals surface area contributed by atoms with Crippen LogP contribution in [-0.4, -0.2) is 9.78 Å². The second kappa shape index (κ2) is 4.09. The maximum absolute atomic E-state index is 6.60. The fourth-order valence-electron chi connectivity index (χ4n) is 3.22. The summed E-state index contributed by atoms with van der Waals surface area (Å²) in [5.41, 5.74) is 10.0. The molecule has 0 amide bonds. The lowest BCUT2D eigenvalue weighted by molar-refractivity contribution is 0.302. The van der Waals surface area contributed by atoms with E-state index in [9.17, 15) is 0 Å². The molecule has 0 spiro atoms. The van der Waals surface area contributed by atoms with Gasteiger partial charge >= 0.3 is 0 Å². The van der Waals surface area contributed by atoms with Gasteiger partial charge < -0.3 is 5.73 Å². The van der Waals surface area contributed by atoms with E-state index in [1.807, 2.05) is 11.7 Å². The minimum absolute atomic E-state index is 0.120. The minimum atomic E-state index is -0.120. The summed E-state index contributed by atoms with van der Waals surface area (Å²) in [5.74, 6) is 0. The molecule has 1 saturated carbocycles. The molecule has 1 aromatic heterocycles. The van der Waals surface area contributed by atoms with Crippen LogP contribution in [0.4, 0.5) is 0 Å². The first-order valence-corrected chi connectivity index (χ1v) is 6.83. The lowest BCUT2D eigenvalue weighted by Crippen LogP contribution is -2.38. The predicted molar refractivity (Wildman–Crippen MR) is 74.4 cm³/mol. The number of aromatic nitrogens is 2. The highest BCUT2D eigenvalue weighted by molar-refractivity contribution is 5.82. The number of hydrogen-bond acceptors (Lipinski definition) is 2. The van der Waals surface area contributed by atoms with Gasteiger partial charge in [-0.2, -0.15) is 5.10 Å². The fourth-order valence-corrected chi connectivity index (χ4v) is 3.22. The van der Waals surface area contributed by atoms with E-state index >= 15 is 0 Å². The zero-order chi connectivity index (χ0) is 12.8. The monoisotopic (exact) mass is 243 g/mol. The van der Waals surface area contributed by atoms with Crippen molar-refractivity contribution in [1.82, 2.24) is 9.78 Å². The highest BCUT2D eigenvalue weighted by Gasteiger charge is 2.29. The highest BCUT2D eigenvalue weighted by Crippen LogP contribution is 2.36. The van der Waals surface area contributed by atoms with E-state index in [1.54, 1.807) is 0 Å². The van der Waals surface area contributed by atoms with Crippen LogP contribution in [0.1, 0.15) is 43.4 Å². The van der Waals surface area contributed by atoms with Crippen molar-refractivity contribution in [3.63, 3.8) is 0 Å². The zero-order valence-electron chi connectivity index (χ0n) is 11.2. The van der Waals surface area contributed by atoms with Gasteiger partial charge in [0, 0.05) is 18.0 Å². The minimum Gasteiger partial charge on any atom is -0.321 e. The lowest BCUT2D eigenvalue weighted by Gasteiger charge is -2.34. The molecule has 0 saturated heterocycles. The zero-order valence-corrected chi connectivity index (χ0v) is 11.2. The molecule has 0 aliphatic heterocycles. The van der Waals surface area contributed by atoms with E-state index in [4.69, 9.17) is 5.73 Å². The van der Waals surface area contributed by atoms with Gasteiger partial charge in [-0.1, -0.05) is 31.4 Å². The second-order valence-corrected chi connectivity index (χ2v) is 5.66. The van der Waals surface area contributed by atoms with Crippen molar-refractivity contribution in [3.8, 4) is 0 Å². The average Bonchev–Trinajstić information content (AvgIpc) is 2.66. The van der Waals surface area contributed by atoms with Crippen LogP contribution >= 0.6 is 0 Å². The number of nitrogens with two attached hydrogens (primary N) is 1. The Morgan fingerprint density at radius 2 is 1.94 bits per heavy atom. The number of hydrogen-bond donors (Lipinski definition) is 1. The Morgan fingerprint density at radius 3 is 2.67 bits per heavy atom. The van der Waals surface area contributed by atoms with Crippen LogP contribution in [0.2, 0.25) is 0 Å². The molecule has 3 heteroatoms. The third kappa shape index (κ3) is 1.74. The van der Waals surface area contributed by atoms with Gasteiger partial charge in [-0.05, 0) is 31.4 Å². The smallest absolute Gasteiger partial charge is 0.0685 e. The first kappa shape index (κ1) is 11.7. The third-order valence-corrected chi connectivity index (χ3v) is 4.36.